The Morgan fingerprint density at radius 3 is 1.71 bits per heavy atom. The first-order valence-electron chi connectivity index (χ1n) is 5.82. The predicted octanol–water partition coefficient (Wildman–Crippen LogP) is 4.41. The highest BCUT2D eigenvalue weighted by Gasteiger charge is 2.33. The molecule has 0 aliphatic heterocycles. The molecule has 0 fully saturated rings. The smallest absolute Gasteiger partial charge is 0.406 e. The minimum absolute atomic E-state index is 0.0736. The largest absolute Gasteiger partial charge is 0.573 e. The Balaban J connectivity index is 2.95. The van der Waals surface area contributed by atoms with Gasteiger partial charge in [-0.1, -0.05) is 6.92 Å². The third kappa shape index (κ3) is 7.64. The molecule has 0 aliphatic rings. The van der Waals surface area contributed by atoms with Gasteiger partial charge < -0.3 is 14.2 Å². The standard InChI is InChI=1S/C12H12F6O3/c1-2-3-19-7-8-4-9(20-11(13,14)15)6-10(5-8)21-12(16,17)18/h4-6H,2-3,7H2,1H3. The van der Waals surface area contributed by atoms with Crippen molar-refractivity contribution in [2.45, 2.75) is 32.7 Å². The molecular formula is C12H12F6O3. The lowest BCUT2D eigenvalue weighted by molar-refractivity contribution is -0.276. The molecule has 120 valence electrons. The first-order chi connectivity index (χ1) is 9.59. The van der Waals surface area contributed by atoms with Crippen LogP contribution in [0, 0.1) is 0 Å². The minimum atomic E-state index is -5.02. The number of ether oxygens (including phenoxy) is 3. The molecule has 0 aliphatic carbocycles. The van der Waals surface area contributed by atoms with Crippen LogP contribution in [0.5, 0.6) is 11.5 Å². The summed E-state index contributed by atoms with van der Waals surface area (Å²) in [6.45, 7) is 1.97. The normalized spacial score (nSPS) is 12.3. The number of halogens is 6. The molecule has 0 aromatic heterocycles. The minimum Gasteiger partial charge on any atom is -0.406 e. The van der Waals surface area contributed by atoms with Crippen molar-refractivity contribution in [2.24, 2.45) is 0 Å². The highest BCUT2D eigenvalue weighted by Crippen LogP contribution is 2.31. The van der Waals surface area contributed by atoms with Crippen molar-refractivity contribution in [3.8, 4) is 11.5 Å². The topological polar surface area (TPSA) is 27.7 Å². The Labute approximate surface area is 116 Å². The lowest BCUT2D eigenvalue weighted by Crippen LogP contribution is -2.19. The van der Waals surface area contributed by atoms with Crippen LogP contribution < -0.4 is 9.47 Å². The van der Waals surface area contributed by atoms with E-state index in [9.17, 15) is 26.3 Å². The first kappa shape index (κ1) is 17.4. The SMILES string of the molecule is CCCOCc1cc(OC(F)(F)F)cc(OC(F)(F)F)c1. The zero-order chi connectivity index (χ0) is 16.1. The van der Waals surface area contributed by atoms with Crippen LogP contribution >= 0.6 is 0 Å². The van der Waals surface area contributed by atoms with Gasteiger partial charge >= 0.3 is 12.7 Å². The van der Waals surface area contributed by atoms with Crippen LogP contribution in [-0.2, 0) is 11.3 Å². The summed E-state index contributed by atoms with van der Waals surface area (Å²) in [7, 11) is 0. The van der Waals surface area contributed by atoms with Gasteiger partial charge in [-0.05, 0) is 24.1 Å². The first-order valence-corrected chi connectivity index (χ1v) is 5.82. The van der Waals surface area contributed by atoms with Gasteiger partial charge in [-0.25, -0.2) is 0 Å². The maximum absolute atomic E-state index is 12.1. The van der Waals surface area contributed by atoms with Gasteiger partial charge in [-0.2, -0.15) is 0 Å². The number of alkyl halides is 6. The van der Waals surface area contributed by atoms with Crippen LogP contribution in [0.4, 0.5) is 26.3 Å². The van der Waals surface area contributed by atoms with Gasteiger partial charge in [0.1, 0.15) is 11.5 Å². The van der Waals surface area contributed by atoms with Gasteiger partial charge in [-0.3, -0.25) is 0 Å². The summed E-state index contributed by atoms with van der Waals surface area (Å²) in [4.78, 5) is 0. The van der Waals surface area contributed by atoms with Gasteiger partial charge in [-0.15, -0.1) is 26.3 Å². The van der Waals surface area contributed by atoms with Gasteiger partial charge in [0.05, 0.1) is 6.61 Å². The molecule has 0 amide bonds. The molecule has 0 spiro atoms. The van der Waals surface area contributed by atoms with Gasteiger partial charge in [0.25, 0.3) is 0 Å². The second-order valence-electron chi connectivity index (χ2n) is 3.96. The van der Waals surface area contributed by atoms with Crippen molar-refractivity contribution in [1.29, 1.82) is 0 Å². The molecular weight excluding hydrogens is 306 g/mol. The monoisotopic (exact) mass is 318 g/mol. The lowest BCUT2D eigenvalue weighted by atomic mass is 10.2. The molecule has 1 aromatic carbocycles. The average Bonchev–Trinajstić information content (AvgIpc) is 2.24. The second-order valence-corrected chi connectivity index (χ2v) is 3.96. The third-order valence-electron chi connectivity index (χ3n) is 2.02. The number of benzene rings is 1. The fourth-order valence-electron chi connectivity index (χ4n) is 1.43. The van der Waals surface area contributed by atoms with Crippen molar-refractivity contribution >= 4 is 0 Å². The highest BCUT2D eigenvalue weighted by atomic mass is 19.4. The molecule has 0 radical (unpaired) electrons. The van der Waals surface area contributed by atoms with E-state index in [0.29, 0.717) is 19.1 Å². The summed E-state index contributed by atoms with van der Waals surface area (Å²) in [5.41, 5.74) is 0.0736. The Morgan fingerprint density at radius 1 is 0.857 bits per heavy atom. The van der Waals surface area contributed by atoms with Crippen molar-refractivity contribution < 1.29 is 40.6 Å². The van der Waals surface area contributed by atoms with Crippen molar-refractivity contribution in [1.82, 2.24) is 0 Å². The van der Waals surface area contributed by atoms with Gasteiger partial charge in [0.2, 0.25) is 0 Å². The van der Waals surface area contributed by atoms with Crippen molar-refractivity contribution in [3.05, 3.63) is 23.8 Å². The molecule has 21 heavy (non-hydrogen) atoms. The van der Waals surface area contributed by atoms with E-state index >= 15 is 0 Å². The summed E-state index contributed by atoms with van der Waals surface area (Å²) in [5.74, 6) is -1.61. The fourth-order valence-corrected chi connectivity index (χ4v) is 1.43. The summed E-state index contributed by atoms with van der Waals surface area (Å²) in [5, 5.41) is 0. The van der Waals surface area contributed by atoms with Gasteiger partial charge in [0, 0.05) is 12.7 Å². The molecule has 0 saturated heterocycles. The van der Waals surface area contributed by atoms with E-state index in [4.69, 9.17) is 4.74 Å². The van der Waals surface area contributed by atoms with E-state index in [1.807, 2.05) is 0 Å². The van der Waals surface area contributed by atoms with Crippen LogP contribution in [0.1, 0.15) is 18.9 Å². The van der Waals surface area contributed by atoms with Crippen LogP contribution in [0.15, 0.2) is 18.2 Å². The highest BCUT2D eigenvalue weighted by molar-refractivity contribution is 5.38. The van der Waals surface area contributed by atoms with E-state index in [1.54, 1.807) is 6.92 Å². The quantitative estimate of drug-likeness (QED) is 0.574. The maximum atomic E-state index is 12.1. The van der Waals surface area contributed by atoms with Crippen LogP contribution in [0.3, 0.4) is 0 Å². The van der Waals surface area contributed by atoms with Crippen LogP contribution in [0.2, 0.25) is 0 Å². The fraction of sp³-hybridized carbons (Fsp3) is 0.500. The molecule has 1 rings (SSSR count). The Hall–Kier alpha value is -1.64. The molecule has 0 bridgehead atoms. The van der Waals surface area contributed by atoms with E-state index in [2.05, 4.69) is 9.47 Å². The maximum Gasteiger partial charge on any atom is 0.573 e. The second kappa shape index (κ2) is 6.88. The molecule has 0 saturated carbocycles. The molecule has 3 nitrogen and oxygen atoms in total. The number of rotatable bonds is 6. The molecule has 0 heterocycles. The molecule has 0 atom stereocenters. The number of hydrogen-bond donors (Lipinski definition) is 0. The Kier molecular flexibility index (Phi) is 5.70. The summed E-state index contributed by atoms with van der Waals surface area (Å²) < 4.78 is 85.1. The van der Waals surface area contributed by atoms with Crippen molar-refractivity contribution in [3.63, 3.8) is 0 Å². The zero-order valence-corrected chi connectivity index (χ0v) is 10.8. The average molecular weight is 318 g/mol. The van der Waals surface area contributed by atoms with Crippen LogP contribution in [-0.4, -0.2) is 19.3 Å². The molecule has 9 heteroatoms. The Morgan fingerprint density at radius 2 is 1.33 bits per heavy atom. The van der Waals surface area contributed by atoms with E-state index < -0.39 is 24.2 Å². The van der Waals surface area contributed by atoms with Crippen LogP contribution in [0.25, 0.3) is 0 Å². The molecule has 0 N–H and O–H groups in total. The molecule has 1 aromatic rings. The summed E-state index contributed by atoms with van der Waals surface area (Å²) >= 11 is 0. The molecule has 0 unspecified atom stereocenters. The summed E-state index contributed by atoms with van der Waals surface area (Å²) in [6.07, 6.45) is -9.37. The predicted molar refractivity (Wildman–Crippen MR) is 59.8 cm³/mol. The van der Waals surface area contributed by atoms with E-state index in [1.165, 1.54) is 0 Å². The lowest BCUT2D eigenvalue weighted by Gasteiger charge is -2.14. The Bertz CT molecular complexity index is 421. The zero-order valence-electron chi connectivity index (χ0n) is 10.8. The summed E-state index contributed by atoms with van der Waals surface area (Å²) in [6, 6.07) is 2.38. The van der Waals surface area contributed by atoms with Crippen molar-refractivity contribution in [2.75, 3.05) is 6.61 Å². The number of hydrogen-bond acceptors (Lipinski definition) is 3. The van der Waals surface area contributed by atoms with E-state index in [-0.39, 0.29) is 12.2 Å². The third-order valence-corrected chi connectivity index (χ3v) is 2.02. The van der Waals surface area contributed by atoms with Gasteiger partial charge in [0.15, 0.2) is 0 Å². The van der Waals surface area contributed by atoms with E-state index in [0.717, 1.165) is 12.1 Å².